The lowest BCUT2D eigenvalue weighted by molar-refractivity contribution is 0.638. The Hall–Kier alpha value is -1.02. The van der Waals surface area contributed by atoms with Crippen LogP contribution < -0.4 is 11.1 Å². The van der Waals surface area contributed by atoms with Crippen LogP contribution >= 0.6 is 0 Å². The predicted octanol–water partition coefficient (Wildman–Crippen LogP) is 2.29. The Morgan fingerprint density at radius 2 is 1.93 bits per heavy atom. The molecule has 0 heterocycles. The summed E-state index contributed by atoms with van der Waals surface area (Å²) in [5.41, 5.74) is 8.48. The van der Waals surface area contributed by atoms with Crippen LogP contribution in [-0.4, -0.2) is 12.1 Å². The van der Waals surface area contributed by atoms with E-state index in [0.29, 0.717) is 12.1 Å². The molecule has 0 aromatic heterocycles. The van der Waals surface area contributed by atoms with Crippen molar-refractivity contribution in [2.75, 3.05) is 5.32 Å². The number of rotatable bonds is 2. The van der Waals surface area contributed by atoms with Crippen molar-refractivity contribution in [2.45, 2.75) is 38.3 Å². The molecule has 0 bridgehead atoms. The summed E-state index contributed by atoms with van der Waals surface area (Å²) in [4.78, 5) is 0. The van der Waals surface area contributed by atoms with Gasteiger partial charge in [-0.05, 0) is 38.3 Å². The first-order valence-corrected chi connectivity index (χ1v) is 5.34. The van der Waals surface area contributed by atoms with Gasteiger partial charge in [0.15, 0.2) is 0 Å². The highest BCUT2D eigenvalue weighted by atomic mass is 15.0. The molecule has 14 heavy (non-hydrogen) atoms. The molecule has 0 saturated heterocycles. The van der Waals surface area contributed by atoms with Crippen LogP contribution in [-0.2, 0) is 0 Å². The number of nitrogens with one attached hydrogen (secondary N) is 1. The smallest absolute Gasteiger partial charge is 0.0412 e. The maximum absolute atomic E-state index is 5.99. The molecule has 0 amide bonds. The van der Waals surface area contributed by atoms with Gasteiger partial charge in [-0.1, -0.05) is 17.7 Å². The first kappa shape index (κ1) is 9.53. The van der Waals surface area contributed by atoms with Crippen molar-refractivity contribution in [3.05, 3.63) is 29.8 Å². The summed E-state index contributed by atoms with van der Waals surface area (Å²) in [6, 6.07) is 9.31. The maximum Gasteiger partial charge on any atom is 0.0412 e. The Morgan fingerprint density at radius 3 is 2.50 bits per heavy atom. The molecule has 0 radical (unpaired) electrons. The van der Waals surface area contributed by atoms with Gasteiger partial charge >= 0.3 is 0 Å². The quantitative estimate of drug-likeness (QED) is 0.751. The Bertz CT molecular complexity index is 292. The molecule has 2 atom stereocenters. The van der Waals surface area contributed by atoms with Crippen LogP contribution in [0, 0.1) is 6.92 Å². The van der Waals surface area contributed by atoms with Crippen molar-refractivity contribution in [3.63, 3.8) is 0 Å². The highest BCUT2D eigenvalue weighted by molar-refractivity contribution is 5.45. The maximum atomic E-state index is 5.99. The van der Waals surface area contributed by atoms with E-state index in [1.807, 2.05) is 0 Å². The largest absolute Gasteiger partial charge is 0.381 e. The zero-order valence-electron chi connectivity index (χ0n) is 8.66. The Kier molecular flexibility index (Phi) is 2.73. The number of hydrogen-bond acceptors (Lipinski definition) is 2. The van der Waals surface area contributed by atoms with Crippen LogP contribution in [0.25, 0.3) is 0 Å². The topological polar surface area (TPSA) is 38.0 Å². The SMILES string of the molecule is Cc1ccc(N[C@@H]2CCC[C@H]2N)cc1. The fraction of sp³-hybridized carbons (Fsp3) is 0.500. The molecule has 2 rings (SSSR count). The van der Waals surface area contributed by atoms with Crippen molar-refractivity contribution in [2.24, 2.45) is 5.73 Å². The van der Waals surface area contributed by atoms with E-state index >= 15 is 0 Å². The molecule has 1 saturated carbocycles. The molecule has 1 fully saturated rings. The molecular formula is C12H18N2. The molecule has 2 nitrogen and oxygen atoms in total. The zero-order valence-corrected chi connectivity index (χ0v) is 8.66. The van der Waals surface area contributed by atoms with Crippen molar-refractivity contribution < 1.29 is 0 Å². The molecule has 3 N–H and O–H groups in total. The summed E-state index contributed by atoms with van der Waals surface area (Å²) in [6.45, 7) is 2.10. The lowest BCUT2D eigenvalue weighted by Gasteiger charge is -2.18. The minimum absolute atomic E-state index is 0.330. The summed E-state index contributed by atoms with van der Waals surface area (Å²) in [5, 5.41) is 3.49. The highest BCUT2D eigenvalue weighted by Crippen LogP contribution is 2.21. The van der Waals surface area contributed by atoms with Gasteiger partial charge in [-0.3, -0.25) is 0 Å². The van der Waals surface area contributed by atoms with E-state index in [9.17, 15) is 0 Å². The van der Waals surface area contributed by atoms with Crippen LogP contribution in [0.5, 0.6) is 0 Å². The average Bonchev–Trinajstić information content (AvgIpc) is 2.56. The first-order valence-electron chi connectivity index (χ1n) is 5.34. The Morgan fingerprint density at radius 1 is 1.21 bits per heavy atom. The van der Waals surface area contributed by atoms with Crippen molar-refractivity contribution >= 4 is 5.69 Å². The molecule has 1 aromatic rings. The average molecular weight is 190 g/mol. The third kappa shape index (κ3) is 2.07. The fourth-order valence-corrected chi connectivity index (χ4v) is 2.03. The summed E-state index contributed by atoms with van der Waals surface area (Å²) in [7, 11) is 0. The van der Waals surface area contributed by atoms with Gasteiger partial charge in [-0.25, -0.2) is 0 Å². The van der Waals surface area contributed by atoms with E-state index in [2.05, 4.69) is 36.5 Å². The van der Waals surface area contributed by atoms with Gasteiger partial charge in [-0.2, -0.15) is 0 Å². The first-order chi connectivity index (χ1) is 6.75. The minimum atomic E-state index is 0.330. The lowest BCUT2D eigenvalue weighted by Crippen LogP contribution is -2.35. The molecule has 76 valence electrons. The molecule has 0 spiro atoms. The fourth-order valence-electron chi connectivity index (χ4n) is 2.03. The van der Waals surface area contributed by atoms with Gasteiger partial charge in [0.1, 0.15) is 0 Å². The summed E-state index contributed by atoms with van der Waals surface area (Å²) < 4.78 is 0. The molecule has 1 aliphatic rings. The molecule has 0 unspecified atom stereocenters. The van der Waals surface area contributed by atoms with Crippen LogP contribution in [0.4, 0.5) is 5.69 Å². The summed E-state index contributed by atoms with van der Waals surface area (Å²) in [5.74, 6) is 0. The van der Waals surface area contributed by atoms with E-state index in [0.717, 1.165) is 6.42 Å². The van der Waals surface area contributed by atoms with E-state index in [-0.39, 0.29) is 0 Å². The Labute approximate surface area is 85.5 Å². The van der Waals surface area contributed by atoms with Gasteiger partial charge in [0.05, 0.1) is 0 Å². The number of aryl methyl sites for hydroxylation is 1. The molecule has 1 aliphatic carbocycles. The van der Waals surface area contributed by atoms with E-state index in [1.165, 1.54) is 24.1 Å². The van der Waals surface area contributed by atoms with Gasteiger partial charge in [0.2, 0.25) is 0 Å². The van der Waals surface area contributed by atoms with Gasteiger partial charge in [-0.15, -0.1) is 0 Å². The van der Waals surface area contributed by atoms with Crippen molar-refractivity contribution in [1.82, 2.24) is 0 Å². The van der Waals surface area contributed by atoms with Crippen LogP contribution in [0.1, 0.15) is 24.8 Å². The van der Waals surface area contributed by atoms with Crippen LogP contribution in [0.15, 0.2) is 24.3 Å². The predicted molar refractivity (Wildman–Crippen MR) is 60.4 cm³/mol. The molecule has 1 aromatic carbocycles. The van der Waals surface area contributed by atoms with Gasteiger partial charge in [0, 0.05) is 17.8 Å². The Balaban J connectivity index is 2.00. The van der Waals surface area contributed by atoms with Gasteiger partial charge < -0.3 is 11.1 Å². The number of anilines is 1. The monoisotopic (exact) mass is 190 g/mol. The normalized spacial score (nSPS) is 26.4. The summed E-state index contributed by atoms with van der Waals surface area (Å²) >= 11 is 0. The van der Waals surface area contributed by atoms with E-state index in [4.69, 9.17) is 5.73 Å². The third-order valence-corrected chi connectivity index (χ3v) is 2.97. The van der Waals surface area contributed by atoms with Crippen molar-refractivity contribution in [3.8, 4) is 0 Å². The molecule has 2 heteroatoms. The standard InChI is InChI=1S/C12H18N2/c1-9-5-7-10(8-6-9)14-12-4-2-3-11(12)13/h5-8,11-12,14H,2-4,13H2,1H3/t11-,12-/m1/s1. The van der Waals surface area contributed by atoms with Crippen LogP contribution in [0.2, 0.25) is 0 Å². The molecular weight excluding hydrogens is 172 g/mol. The number of benzene rings is 1. The zero-order chi connectivity index (χ0) is 9.97. The van der Waals surface area contributed by atoms with E-state index in [1.54, 1.807) is 0 Å². The van der Waals surface area contributed by atoms with Crippen molar-refractivity contribution in [1.29, 1.82) is 0 Å². The minimum Gasteiger partial charge on any atom is -0.381 e. The number of nitrogens with two attached hydrogens (primary N) is 1. The second-order valence-corrected chi connectivity index (χ2v) is 4.21. The second kappa shape index (κ2) is 4.01. The van der Waals surface area contributed by atoms with Gasteiger partial charge in [0.25, 0.3) is 0 Å². The lowest BCUT2D eigenvalue weighted by atomic mass is 10.1. The number of hydrogen-bond donors (Lipinski definition) is 2. The highest BCUT2D eigenvalue weighted by Gasteiger charge is 2.23. The van der Waals surface area contributed by atoms with E-state index < -0.39 is 0 Å². The third-order valence-electron chi connectivity index (χ3n) is 2.97. The van der Waals surface area contributed by atoms with Crippen LogP contribution in [0.3, 0.4) is 0 Å². The second-order valence-electron chi connectivity index (χ2n) is 4.21. The summed E-state index contributed by atoms with van der Waals surface area (Å²) in [6.07, 6.45) is 3.61. The molecule has 0 aliphatic heterocycles.